The zero-order chi connectivity index (χ0) is 16.2. The molecule has 5 aliphatic rings. The highest BCUT2D eigenvalue weighted by Crippen LogP contribution is 2.71. The molecule has 3 aliphatic carbocycles. The van der Waals surface area contributed by atoms with Gasteiger partial charge in [0.1, 0.15) is 9.75 Å². The molecule has 116 valence electrons. The van der Waals surface area contributed by atoms with Crippen LogP contribution in [0.4, 0.5) is 0 Å². The molecule has 3 fully saturated rings. The van der Waals surface area contributed by atoms with Crippen molar-refractivity contribution >= 4 is 70.3 Å². The van der Waals surface area contributed by atoms with Crippen molar-refractivity contribution in [3.05, 3.63) is 10.1 Å². The number of alkyl halides is 2. The maximum Gasteiger partial charge on any atom is 0.319 e. The minimum absolute atomic E-state index is 0.244. The first-order chi connectivity index (χ1) is 10.2. The average Bonchev–Trinajstić information content (AvgIpc) is 2.91. The monoisotopic (exact) mass is 384 g/mol. The summed E-state index contributed by atoms with van der Waals surface area (Å²) in [5, 5.41) is -0.488. The minimum atomic E-state index is -1.89. The number of hydrogen-bond donors (Lipinski definition) is 0. The SMILES string of the molecule is O=C1OC(=O)C2C1C1(Cl)C(Cl)=C(Cl)C2(Cl)C2C(=O)OC(=O)C21. The molecule has 0 radical (unpaired) electrons. The van der Waals surface area contributed by atoms with Crippen LogP contribution in [0.15, 0.2) is 10.1 Å². The molecular weight excluding hydrogens is 382 g/mol. The predicted molar refractivity (Wildman–Crippen MR) is 72.1 cm³/mol. The number of rotatable bonds is 0. The van der Waals surface area contributed by atoms with E-state index in [0.717, 1.165) is 0 Å². The Morgan fingerprint density at radius 2 is 0.864 bits per heavy atom. The largest absolute Gasteiger partial charge is 0.393 e. The number of allylic oxidation sites excluding steroid dienone is 2. The summed E-state index contributed by atoms with van der Waals surface area (Å²) < 4.78 is 9.20. The third-order valence-electron chi connectivity index (χ3n) is 4.76. The van der Waals surface area contributed by atoms with Crippen LogP contribution < -0.4 is 0 Å². The number of hydrogen-bond acceptors (Lipinski definition) is 6. The Kier molecular flexibility index (Phi) is 2.67. The van der Waals surface area contributed by atoms with Gasteiger partial charge in [-0.05, 0) is 0 Å². The number of halogens is 4. The summed E-state index contributed by atoms with van der Waals surface area (Å²) in [6.07, 6.45) is 0. The maximum atomic E-state index is 12.0. The van der Waals surface area contributed by atoms with Gasteiger partial charge in [-0.15, -0.1) is 23.2 Å². The normalized spacial score (nSPS) is 49.3. The molecule has 0 amide bonds. The van der Waals surface area contributed by atoms with Crippen molar-refractivity contribution in [2.75, 3.05) is 0 Å². The molecule has 0 aromatic rings. The fourth-order valence-corrected chi connectivity index (χ4v) is 5.85. The topological polar surface area (TPSA) is 86.7 Å². The minimum Gasteiger partial charge on any atom is -0.393 e. The lowest BCUT2D eigenvalue weighted by molar-refractivity contribution is -0.154. The Hall–Kier alpha value is -0.820. The van der Waals surface area contributed by atoms with E-state index in [1.807, 2.05) is 0 Å². The summed E-state index contributed by atoms with van der Waals surface area (Å²) in [5.41, 5.74) is 0. The number of ether oxygens (including phenoxy) is 2. The Morgan fingerprint density at radius 1 is 0.636 bits per heavy atom. The van der Waals surface area contributed by atoms with E-state index in [-0.39, 0.29) is 10.1 Å². The lowest BCUT2D eigenvalue weighted by Crippen LogP contribution is -2.68. The van der Waals surface area contributed by atoms with E-state index in [0.29, 0.717) is 0 Å². The van der Waals surface area contributed by atoms with E-state index in [4.69, 9.17) is 46.4 Å². The second kappa shape index (κ2) is 3.98. The molecule has 10 heteroatoms. The molecule has 5 rings (SSSR count). The number of carbonyl (C=O) groups excluding carboxylic acids is 4. The Morgan fingerprint density at radius 3 is 1.09 bits per heavy atom. The lowest BCUT2D eigenvalue weighted by Gasteiger charge is -2.55. The van der Waals surface area contributed by atoms with Gasteiger partial charge >= 0.3 is 23.9 Å². The van der Waals surface area contributed by atoms with E-state index in [1.54, 1.807) is 0 Å². The van der Waals surface area contributed by atoms with Crippen LogP contribution in [0.5, 0.6) is 0 Å². The molecule has 4 atom stereocenters. The summed E-state index contributed by atoms with van der Waals surface area (Å²) in [5.74, 6) is -9.07. The molecule has 6 nitrogen and oxygen atoms in total. The molecule has 0 N–H and O–H groups in total. The van der Waals surface area contributed by atoms with Gasteiger partial charge in [-0.25, -0.2) is 0 Å². The van der Waals surface area contributed by atoms with Gasteiger partial charge in [0.2, 0.25) is 0 Å². The maximum absolute atomic E-state index is 12.0. The van der Waals surface area contributed by atoms with Gasteiger partial charge in [0.15, 0.2) is 0 Å². The van der Waals surface area contributed by atoms with Crippen LogP contribution in [0, 0.1) is 23.7 Å². The van der Waals surface area contributed by atoms with Gasteiger partial charge in [-0.2, -0.15) is 0 Å². The molecular formula is C12H4Cl4O6. The van der Waals surface area contributed by atoms with Gasteiger partial charge in [0, 0.05) is 0 Å². The molecule has 0 aromatic carbocycles. The summed E-state index contributed by atoms with van der Waals surface area (Å²) in [6, 6.07) is 0. The zero-order valence-corrected chi connectivity index (χ0v) is 13.3. The van der Waals surface area contributed by atoms with Gasteiger partial charge < -0.3 is 9.47 Å². The third kappa shape index (κ3) is 1.25. The van der Waals surface area contributed by atoms with Crippen molar-refractivity contribution in [1.82, 2.24) is 0 Å². The fraction of sp³-hybridized carbons (Fsp3) is 0.500. The highest BCUT2D eigenvalue weighted by Gasteiger charge is 2.82. The van der Waals surface area contributed by atoms with Gasteiger partial charge in [0.25, 0.3) is 0 Å². The van der Waals surface area contributed by atoms with Crippen molar-refractivity contribution in [3.63, 3.8) is 0 Å². The van der Waals surface area contributed by atoms with E-state index in [9.17, 15) is 19.2 Å². The van der Waals surface area contributed by atoms with Crippen molar-refractivity contribution in [1.29, 1.82) is 0 Å². The Balaban J connectivity index is 2.10. The molecule has 22 heavy (non-hydrogen) atoms. The molecule has 0 aromatic heterocycles. The number of esters is 4. The van der Waals surface area contributed by atoms with Crippen LogP contribution >= 0.6 is 46.4 Å². The standard InChI is InChI=1S/C12H4Cl4O6/c13-5-6(14)12(16)2-1(7(17)21-8(2)18)11(5,15)3-4(12)10(20)22-9(3)19/h1-4H. The van der Waals surface area contributed by atoms with Crippen LogP contribution in [-0.2, 0) is 28.7 Å². The first-order valence-corrected chi connectivity index (χ1v) is 7.63. The smallest absolute Gasteiger partial charge is 0.319 e. The third-order valence-corrected chi connectivity index (χ3v) is 7.37. The lowest BCUT2D eigenvalue weighted by atomic mass is 9.53. The van der Waals surface area contributed by atoms with Crippen molar-refractivity contribution in [2.24, 2.45) is 23.7 Å². The summed E-state index contributed by atoms with van der Waals surface area (Å²) in [4.78, 5) is 44.4. The summed E-state index contributed by atoms with van der Waals surface area (Å²) >= 11 is 25.3. The van der Waals surface area contributed by atoms with Crippen molar-refractivity contribution in [3.8, 4) is 0 Å². The first kappa shape index (κ1) is 14.8. The van der Waals surface area contributed by atoms with E-state index < -0.39 is 57.3 Å². The number of carbonyl (C=O) groups is 4. The average molecular weight is 386 g/mol. The van der Waals surface area contributed by atoms with Crippen molar-refractivity contribution < 1.29 is 28.7 Å². The van der Waals surface area contributed by atoms with E-state index in [2.05, 4.69) is 9.47 Å². The summed E-state index contributed by atoms with van der Waals surface area (Å²) in [6.45, 7) is 0. The molecule has 2 bridgehead atoms. The molecule has 4 unspecified atom stereocenters. The predicted octanol–water partition coefficient (Wildman–Crippen LogP) is 1.29. The molecule has 2 aliphatic heterocycles. The van der Waals surface area contributed by atoms with Crippen LogP contribution in [0.1, 0.15) is 0 Å². The van der Waals surface area contributed by atoms with Crippen molar-refractivity contribution in [2.45, 2.75) is 9.75 Å². The fourth-order valence-electron chi connectivity index (χ4n) is 3.92. The van der Waals surface area contributed by atoms with Gasteiger partial charge in [-0.1, -0.05) is 23.2 Å². The second-order valence-electron chi connectivity index (χ2n) is 5.56. The molecule has 2 heterocycles. The Labute approximate surface area is 142 Å². The first-order valence-electron chi connectivity index (χ1n) is 6.11. The highest BCUT2D eigenvalue weighted by atomic mass is 35.5. The van der Waals surface area contributed by atoms with Crippen LogP contribution in [0.25, 0.3) is 0 Å². The summed E-state index contributed by atoms with van der Waals surface area (Å²) in [7, 11) is 0. The molecule has 0 spiro atoms. The van der Waals surface area contributed by atoms with Gasteiger partial charge in [0.05, 0.1) is 33.7 Å². The van der Waals surface area contributed by atoms with E-state index in [1.165, 1.54) is 0 Å². The van der Waals surface area contributed by atoms with E-state index >= 15 is 0 Å². The van der Waals surface area contributed by atoms with Crippen LogP contribution in [0.2, 0.25) is 0 Å². The molecule has 2 saturated heterocycles. The Bertz CT molecular complexity index is 627. The highest BCUT2D eigenvalue weighted by molar-refractivity contribution is 6.52. The van der Waals surface area contributed by atoms with Gasteiger partial charge in [-0.3, -0.25) is 19.2 Å². The quantitative estimate of drug-likeness (QED) is 0.354. The second-order valence-corrected chi connectivity index (χ2v) is 7.56. The number of cyclic esters (lactones) is 4. The van der Waals surface area contributed by atoms with Crippen LogP contribution in [0.3, 0.4) is 0 Å². The molecule has 1 saturated carbocycles. The van der Waals surface area contributed by atoms with Crippen LogP contribution in [-0.4, -0.2) is 33.6 Å². The zero-order valence-electron chi connectivity index (χ0n) is 10.3.